The highest BCUT2D eigenvalue weighted by molar-refractivity contribution is 5.94. The summed E-state index contributed by atoms with van der Waals surface area (Å²) in [5.74, 6) is -1.62. The molecule has 0 aromatic carbocycles. The molecule has 0 aromatic rings. The molecule has 0 saturated heterocycles. The van der Waals surface area contributed by atoms with Gasteiger partial charge >= 0.3 is 0 Å². The summed E-state index contributed by atoms with van der Waals surface area (Å²) in [5.41, 5.74) is 19.7. The molecule has 0 aliphatic rings. The van der Waals surface area contributed by atoms with E-state index in [0.717, 1.165) is 0 Å². The summed E-state index contributed by atoms with van der Waals surface area (Å²) in [4.78, 5) is 55.6. The number of carbonyl (C=O) groups is 4. The average Bonchev–Trinajstić information content (AvgIpc) is 2.65. The van der Waals surface area contributed by atoms with Gasteiger partial charge in [0.1, 0.15) is 17.9 Å². The Morgan fingerprint density at radius 3 is 1.90 bits per heavy atom. The second-order valence-electron chi connectivity index (χ2n) is 7.48. The Labute approximate surface area is 181 Å². The van der Waals surface area contributed by atoms with E-state index in [2.05, 4.69) is 25.9 Å². The van der Waals surface area contributed by atoms with E-state index < -0.39 is 35.3 Å². The SMILES string of the molecule is CC(=O)N[C@H](CCCN=C(N)N)C(=O)NC(C)(C)C(=O)N[C@H](C=O)CCCN=C(N)N. The molecular weight excluding hydrogens is 406 g/mol. The number of rotatable bonds is 14. The van der Waals surface area contributed by atoms with Crippen molar-refractivity contribution < 1.29 is 19.2 Å². The summed E-state index contributed by atoms with van der Waals surface area (Å²) in [6.07, 6.45) is 2.12. The van der Waals surface area contributed by atoms with Crippen molar-refractivity contribution in [1.82, 2.24) is 16.0 Å². The van der Waals surface area contributed by atoms with Gasteiger partial charge in [-0.25, -0.2) is 0 Å². The van der Waals surface area contributed by atoms with Crippen LogP contribution in [0.3, 0.4) is 0 Å². The molecular formula is C18H35N9O4. The molecule has 0 aromatic heterocycles. The first-order valence-corrected chi connectivity index (χ1v) is 9.85. The van der Waals surface area contributed by atoms with Crippen LogP contribution in [0.25, 0.3) is 0 Å². The van der Waals surface area contributed by atoms with E-state index in [1.807, 2.05) is 0 Å². The molecule has 2 atom stereocenters. The van der Waals surface area contributed by atoms with Gasteiger partial charge in [-0.05, 0) is 39.5 Å². The third kappa shape index (κ3) is 12.7. The Hall–Kier alpha value is -3.38. The van der Waals surface area contributed by atoms with Crippen molar-refractivity contribution in [3.05, 3.63) is 0 Å². The molecule has 176 valence electrons. The van der Waals surface area contributed by atoms with Crippen molar-refractivity contribution in [2.45, 2.75) is 64.1 Å². The normalized spacial score (nSPS) is 12.6. The number of guanidine groups is 2. The topological polar surface area (TPSA) is 233 Å². The van der Waals surface area contributed by atoms with Crippen LogP contribution in [0.4, 0.5) is 0 Å². The van der Waals surface area contributed by atoms with Crippen LogP contribution in [0.2, 0.25) is 0 Å². The zero-order valence-corrected chi connectivity index (χ0v) is 18.3. The Morgan fingerprint density at radius 1 is 0.935 bits per heavy atom. The van der Waals surface area contributed by atoms with E-state index in [0.29, 0.717) is 32.1 Å². The van der Waals surface area contributed by atoms with Crippen LogP contribution < -0.4 is 38.9 Å². The van der Waals surface area contributed by atoms with Crippen LogP contribution in [0.15, 0.2) is 9.98 Å². The summed E-state index contributed by atoms with van der Waals surface area (Å²) in [6, 6.07) is -1.64. The Morgan fingerprint density at radius 2 is 1.45 bits per heavy atom. The van der Waals surface area contributed by atoms with Gasteiger partial charge in [-0.15, -0.1) is 0 Å². The van der Waals surface area contributed by atoms with Crippen molar-refractivity contribution in [3.63, 3.8) is 0 Å². The minimum absolute atomic E-state index is 0.0532. The van der Waals surface area contributed by atoms with Crippen molar-refractivity contribution in [1.29, 1.82) is 0 Å². The number of aldehydes is 1. The molecule has 0 bridgehead atoms. The van der Waals surface area contributed by atoms with Crippen molar-refractivity contribution in [2.75, 3.05) is 13.1 Å². The number of nitrogens with two attached hydrogens (primary N) is 4. The van der Waals surface area contributed by atoms with Crippen LogP contribution in [-0.2, 0) is 19.2 Å². The molecule has 11 N–H and O–H groups in total. The molecule has 0 fully saturated rings. The molecule has 0 radical (unpaired) electrons. The molecule has 0 heterocycles. The predicted molar refractivity (Wildman–Crippen MR) is 118 cm³/mol. The lowest BCUT2D eigenvalue weighted by Gasteiger charge is -2.29. The number of aliphatic imine (C=N–C) groups is 2. The number of amides is 3. The minimum Gasteiger partial charge on any atom is -0.370 e. The number of carbonyl (C=O) groups excluding carboxylic acids is 4. The molecule has 13 heteroatoms. The molecule has 0 aliphatic heterocycles. The van der Waals surface area contributed by atoms with E-state index in [1.165, 1.54) is 20.8 Å². The largest absolute Gasteiger partial charge is 0.370 e. The standard InChI is InChI=1S/C18H35N9O4/c1-11(29)25-13(7-5-9-24-17(21)22)14(30)27-18(2,3)15(31)26-12(10-28)6-4-8-23-16(19)20/h10,12-13H,4-9H2,1-3H3,(H,25,29)(H,26,31)(H,27,30)(H4,19,20,23)(H4,21,22,24)/t12-,13+/m0/s1. The third-order valence-electron chi connectivity index (χ3n) is 4.09. The van der Waals surface area contributed by atoms with Crippen LogP contribution in [0.1, 0.15) is 46.5 Å². The number of hydrogen-bond donors (Lipinski definition) is 7. The van der Waals surface area contributed by atoms with Gasteiger partial charge in [-0.1, -0.05) is 0 Å². The second kappa shape index (κ2) is 13.8. The summed E-state index contributed by atoms with van der Waals surface area (Å²) in [5, 5.41) is 7.72. The first-order valence-electron chi connectivity index (χ1n) is 9.85. The van der Waals surface area contributed by atoms with Gasteiger partial charge in [0, 0.05) is 20.0 Å². The van der Waals surface area contributed by atoms with E-state index in [1.54, 1.807) is 0 Å². The number of hydrogen-bond acceptors (Lipinski definition) is 6. The number of nitrogens with zero attached hydrogens (tertiary/aromatic N) is 2. The zero-order valence-electron chi connectivity index (χ0n) is 18.3. The molecule has 31 heavy (non-hydrogen) atoms. The number of nitrogens with one attached hydrogen (secondary N) is 3. The molecule has 0 aliphatic carbocycles. The lowest BCUT2D eigenvalue weighted by Crippen LogP contribution is -2.60. The van der Waals surface area contributed by atoms with Crippen LogP contribution in [0.5, 0.6) is 0 Å². The van der Waals surface area contributed by atoms with Gasteiger partial charge in [-0.2, -0.15) is 0 Å². The van der Waals surface area contributed by atoms with Gasteiger partial charge < -0.3 is 43.7 Å². The maximum Gasteiger partial charge on any atom is 0.245 e. The Bertz CT molecular complexity index is 684. The Kier molecular flexibility index (Phi) is 12.3. The first kappa shape index (κ1) is 27.6. The summed E-state index contributed by atoms with van der Waals surface area (Å²) < 4.78 is 0. The fourth-order valence-corrected chi connectivity index (χ4v) is 2.51. The van der Waals surface area contributed by atoms with E-state index >= 15 is 0 Å². The van der Waals surface area contributed by atoms with Gasteiger partial charge in [0.05, 0.1) is 6.04 Å². The fourth-order valence-electron chi connectivity index (χ4n) is 2.51. The monoisotopic (exact) mass is 441 g/mol. The maximum absolute atomic E-state index is 12.7. The van der Waals surface area contributed by atoms with Crippen molar-refractivity contribution in [2.24, 2.45) is 32.9 Å². The molecule has 0 unspecified atom stereocenters. The lowest BCUT2D eigenvalue weighted by atomic mass is 10.0. The first-order chi connectivity index (χ1) is 14.4. The van der Waals surface area contributed by atoms with Gasteiger partial charge in [0.15, 0.2) is 11.9 Å². The molecule has 3 amide bonds. The fraction of sp³-hybridized carbons (Fsp3) is 0.667. The zero-order chi connectivity index (χ0) is 24.0. The molecule has 0 saturated carbocycles. The van der Waals surface area contributed by atoms with Gasteiger partial charge in [0.2, 0.25) is 17.7 Å². The average molecular weight is 442 g/mol. The second-order valence-corrected chi connectivity index (χ2v) is 7.48. The van der Waals surface area contributed by atoms with Crippen molar-refractivity contribution >= 4 is 35.9 Å². The van der Waals surface area contributed by atoms with Crippen LogP contribution in [0, 0.1) is 0 Å². The van der Waals surface area contributed by atoms with E-state index in [-0.39, 0.29) is 24.9 Å². The van der Waals surface area contributed by atoms with E-state index in [9.17, 15) is 19.2 Å². The summed E-state index contributed by atoms with van der Waals surface area (Å²) in [7, 11) is 0. The molecule has 0 rings (SSSR count). The highest BCUT2D eigenvalue weighted by Crippen LogP contribution is 2.07. The highest BCUT2D eigenvalue weighted by atomic mass is 16.2. The summed E-state index contributed by atoms with van der Waals surface area (Å²) >= 11 is 0. The smallest absolute Gasteiger partial charge is 0.245 e. The third-order valence-corrected chi connectivity index (χ3v) is 4.09. The van der Waals surface area contributed by atoms with E-state index in [4.69, 9.17) is 22.9 Å². The van der Waals surface area contributed by atoms with Gasteiger partial charge in [-0.3, -0.25) is 24.4 Å². The minimum atomic E-state index is -1.34. The van der Waals surface area contributed by atoms with Crippen LogP contribution >= 0.6 is 0 Å². The lowest BCUT2D eigenvalue weighted by molar-refractivity contribution is -0.135. The molecule has 13 nitrogen and oxygen atoms in total. The van der Waals surface area contributed by atoms with Crippen molar-refractivity contribution in [3.8, 4) is 0 Å². The highest BCUT2D eigenvalue weighted by Gasteiger charge is 2.33. The maximum atomic E-state index is 12.7. The Balaban J connectivity index is 4.91. The predicted octanol–water partition coefficient (Wildman–Crippen LogP) is -2.82. The molecule has 0 spiro atoms. The quantitative estimate of drug-likeness (QED) is 0.0640. The summed E-state index contributed by atoms with van der Waals surface area (Å²) in [6.45, 7) is 4.88. The van der Waals surface area contributed by atoms with Crippen LogP contribution in [-0.4, -0.2) is 66.6 Å². The van der Waals surface area contributed by atoms with Gasteiger partial charge in [0.25, 0.3) is 0 Å².